The lowest BCUT2D eigenvalue weighted by Crippen LogP contribution is -2.46. The van der Waals surface area contributed by atoms with Crippen LogP contribution in [-0.4, -0.2) is 72.3 Å². The number of hydrogen-bond donors (Lipinski definition) is 1. The highest BCUT2D eigenvalue weighted by atomic mass is 19.3. The third kappa shape index (κ3) is 5.45. The number of anilines is 1. The van der Waals surface area contributed by atoms with Crippen LogP contribution < -0.4 is 4.90 Å². The Hall–Kier alpha value is -3.97. The second-order valence-electron chi connectivity index (χ2n) is 9.82. The summed E-state index contributed by atoms with van der Waals surface area (Å²) >= 11 is 0. The van der Waals surface area contributed by atoms with E-state index in [-0.39, 0.29) is 28.8 Å². The molecule has 4 aromatic rings. The Morgan fingerprint density at radius 3 is 2.46 bits per heavy atom. The van der Waals surface area contributed by atoms with Gasteiger partial charge in [0.15, 0.2) is 11.6 Å². The number of rotatable bonds is 7. The van der Waals surface area contributed by atoms with Gasteiger partial charge in [-0.15, -0.1) is 0 Å². The van der Waals surface area contributed by atoms with Gasteiger partial charge in [0.1, 0.15) is 34.0 Å². The Kier molecular flexibility index (Phi) is 7.03. The first kappa shape index (κ1) is 26.6. The number of fused-ring (bicyclic) bond motifs is 1. The van der Waals surface area contributed by atoms with Crippen LogP contribution >= 0.6 is 0 Å². The van der Waals surface area contributed by atoms with Crippen LogP contribution in [0.2, 0.25) is 0 Å². The summed E-state index contributed by atoms with van der Waals surface area (Å²) in [6.07, 6.45) is 5.14. The van der Waals surface area contributed by atoms with E-state index in [0.717, 1.165) is 12.3 Å². The zero-order valence-electron chi connectivity index (χ0n) is 21.2. The molecule has 0 saturated carbocycles. The topological polar surface area (TPSA) is 100 Å². The molecule has 0 spiro atoms. The predicted molar refractivity (Wildman–Crippen MR) is 134 cm³/mol. The molecule has 0 unspecified atom stereocenters. The molecule has 0 bridgehead atoms. The Morgan fingerprint density at radius 1 is 1.08 bits per heavy atom. The summed E-state index contributed by atoms with van der Waals surface area (Å²) in [5, 5.41) is 14.0. The molecule has 1 aromatic carbocycles. The van der Waals surface area contributed by atoms with E-state index in [1.165, 1.54) is 44.6 Å². The van der Waals surface area contributed by atoms with E-state index in [1.807, 2.05) is 9.80 Å². The highest BCUT2D eigenvalue weighted by molar-refractivity contribution is 6.09. The summed E-state index contributed by atoms with van der Waals surface area (Å²) in [7, 11) is 0. The Balaban J connectivity index is 1.51. The maximum Gasteiger partial charge on any atom is 0.333 e. The fourth-order valence-electron chi connectivity index (χ4n) is 4.46. The standard InChI is InChI=1S/C26H25F4N7O2/c1-26(2,39)23(38)18-11-31-12-20-22(18)34-24(21(33-20)16-10-32-37(14-16)25(29)30)36-7-5-35(6-8-36)13-15-3-4-17(27)9-19(15)28/h3-4,9-12,14,25,39H,5-8,13H2,1-2H3. The molecule has 0 amide bonds. The summed E-state index contributed by atoms with van der Waals surface area (Å²) in [6, 6.07) is 3.48. The van der Waals surface area contributed by atoms with Gasteiger partial charge < -0.3 is 10.0 Å². The SMILES string of the molecule is CC(C)(O)C(=O)c1cncc2nc(-c3cnn(C(F)F)c3)c(N3CCN(Cc4ccc(F)cc4F)CC3)nc12. The van der Waals surface area contributed by atoms with Crippen molar-refractivity contribution in [3.63, 3.8) is 0 Å². The van der Waals surface area contributed by atoms with Gasteiger partial charge in [0.05, 0.1) is 18.0 Å². The summed E-state index contributed by atoms with van der Waals surface area (Å²) in [5.74, 6) is -1.50. The van der Waals surface area contributed by atoms with E-state index in [1.54, 1.807) is 0 Å². The summed E-state index contributed by atoms with van der Waals surface area (Å²) in [6.45, 7) is 2.02. The van der Waals surface area contributed by atoms with Gasteiger partial charge in [-0.1, -0.05) is 6.07 Å². The quantitative estimate of drug-likeness (QED) is 0.277. The fraction of sp³-hybridized carbons (Fsp3) is 0.346. The molecule has 5 rings (SSSR count). The molecule has 39 heavy (non-hydrogen) atoms. The van der Waals surface area contributed by atoms with Gasteiger partial charge in [0.25, 0.3) is 0 Å². The fourth-order valence-corrected chi connectivity index (χ4v) is 4.46. The molecule has 1 aliphatic rings. The third-order valence-corrected chi connectivity index (χ3v) is 6.52. The normalized spacial score (nSPS) is 14.9. The van der Waals surface area contributed by atoms with Crippen LogP contribution in [0.25, 0.3) is 22.3 Å². The van der Waals surface area contributed by atoms with Gasteiger partial charge in [0, 0.05) is 62.3 Å². The number of aliphatic hydroxyl groups is 1. The van der Waals surface area contributed by atoms with Crippen molar-refractivity contribution in [2.75, 3.05) is 31.1 Å². The van der Waals surface area contributed by atoms with Crippen LogP contribution in [0.4, 0.5) is 23.4 Å². The molecule has 3 aromatic heterocycles. The van der Waals surface area contributed by atoms with E-state index in [0.29, 0.717) is 47.8 Å². The summed E-state index contributed by atoms with van der Waals surface area (Å²) in [4.78, 5) is 30.3. The van der Waals surface area contributed by atoms with Crippen LogP contribution in [0.15, 0.2) is 43.0 Å². The lowest BCUT2D eigenvalue weighted by atomic mass is 9.97. The zero-order chi connectivity index (χ0) is 27.9. The predicted octanol–water partition coefficient (Wildman–Crippen LogP) is 3.84. The number of hydrogen-bond acceptors (Lipinski definition) is 8. The van der Waals surface area contributed by atoms with Crippen LogP contribution in [0.5, 0.6) is 0 Å². The Bertz CT molecular complexity index is 1530. The van der Waals surface area contributed by atoms with Gasteiger partial charge in [-0.25, -0.2) is 23.4 Å². The minimum atomic E-state index is -2.84. The van der Waals surface area contributed by atoms with Gasteiger partial charge in [-0.2, -0.15) is 13.9 Å². The lowest BCUT2D eigenvalue weighted by molar-refractivity contribution is 0.0489. The number of Topliss-reactive ketones (excluding diaryl/α,β-unsaturated/α-hetero) is 1. The highest BCUT2D eigenvalue weighted by Gasteiger charge is 2.30. The molecular formula is C26H25F4N7O2. The number of halogens is 4. The Labute approximate surface area is 220 Å². The number of nitrogens with zero attached hydrogens (tertiary/aromatic N) is 7. The van der Waals surface area contributed by atoms with E-state index in [4.69, 9.17) is 4.98 Å². The van der Waals surface area contributed by atoms with Crippen molar-refractivity contribution in [2.24, 2.45) is 0 Å². The number of carbonyl (C=O) groups excluding carboxylic acids is 1. The van der Waals surface area contributed by atoms with Crippen molar-refractivity contribution < 1.29 is 27.5 Å². The number of ketones is 1. The first-order valence-electron chi connectivity index (χ1n) is 12.2. The number of aromatic nitrogens is 5. The molecule has 4 heterocycles. The number of alkyl halides is 2. The maximum absolute atomic E-state index is 14.2. The van der Waals surface area contributed by atoms with Gasteiger partial charge in [-0.3, -0.25) is 14.7 Å². The number of piperazine rings is 1. The van der Waals surface area contributed by atoms with Crippen molar-refractivity contribution in [1.82, 2.24) is 29.6 Å². The van der Waals surface area contributed by atoms with E-state index < -0.39 is 29.6 Å². The molecule has 1 fully saturated rings. The molecule has 9 nitrogen and oxygen atoms in total. The van der Waals surface area contributed by atoms with Gasteiger partial charge in [0.2, 0.25) is 0 Å². The maximum atomic E-state index is 14.2. The van der Waals surface area contributed by atoms with E-state index in [2.05, 4.69) is 15.1 Å². The second-order valence-corrected chi connectivity index (χ2v) is 9.82. The molecule has 0 aliphatic carbocycles. The Morgan fingerprint density at radius 2 is 1.82 bits per heavy atom. The molecular weight excluding hydrogens is 518 g/mol. The minimum Gasteiger partial charge on any atom is -0.382 e. The largest absolute Gasteiger partial charge is 0.382 e. The van der Waals surface area contributed by atoms with Crippen molar-refractivity contribution >= 4 is 22.6 Å². The smallest absolute Gasteiger partial charge is 0.333 e. The molecule has 1 N–H and O–H groups in total. The van der Waals surface area contributed by atoms with Crippen LogP contribution in [0.3, 0.4) is 0 Å². The molecule has 1 saturated heterocycles. The molecule has 1 aliphatic heterocycles. The van der Waals surface area contributed by atoms with E-state index >= 15 is 0 Å². The number of pyridine rings is 1. The second kappa shape index (κ2) is 10.3. The molecule has 204 valence electrons. The molecule has 0 radical (unpaired) electrons. The highest BCUT2D eigenvalue weighted by Crippen LogP contribution is 2.32. The summed E-state index contributed by atoms with van der Waals surface area (Å²) in [5.41, 5.74) is -0.189. The number of carbonyl (C=O) groups is 1. The third-order valence-electron chi connectivity index (χ3n) is 6.52. The lowest BCUT2D eigenvalue weighted by Gasteiger charge is -2.36. The summed E-state index contributed by atoms with van der Waals surface area (Å²) < 4.78 is 54.5. The first-order valence-corrected chi connectivity index (χ1v) is 12.2. The van der Waals surface area contributed by atoms with Gasteiger partial charge in [-0.05, 0) is 19.9 Å². The van der Waals surface area contributed by atoms with Crippen LogP contribution in [0.1, 0.15) is 36.3 Å². The number of benzene rings is 1. The zero-order valence-corrected chi connectivity index (χ0v) is 21.2. The first-order chi connectivity index (χ1) is 18.5. The van der Waals surface area contributed by atoms with Gasteiger partial charge >= 0.3 is 6.55 Å². The average molecular weight is 544 g/mol. The van der Waals surface area contributed by atoms with E-state index in [9.17, 15) is 27.5 Å². The minimum absolute atomic E-state index is 0.0778. The van der Waals surface area contributed by atoms with Crippen molar-refractivity contribution in [3.8, 4) is 11.3 Å². The van der Waals surface area contributed by atoms with Crippen LogP contribution in [0, 0.1) is 11.6 Å². The average Bonchev–Trinajstić information content (AvgIpc) is 3.39. The monoisotopic (exact) mass is 543 g/mol. The van der Waals surface area contributed by atoms with Crippen molar-refractivity contribution in [3.05, 3.63) is 65.7 Å². The van der Waals surface area contributed by atoms with Crippen molar-refractivity contribution in [2.45, 2.75) is 32.5 Å². The van der Waals surface area contributed by atoms with Crippen molar-refractivity contribution in [1.29, 1.82) is 0 Å². The molecule has 0 atom stereocenters. The van der Waals surface area contributed by atoms with Crippen LogP contribution in [-0.2, 0) is 6.54 Å². The molecule has 13 heteroatoms.